The van der Waals surface area contributed by atoms with E-state index in [2.05, 4.69) is 15.3 Å². The van der Waals surface area contributed by atoms with Crippen LogP contribution in [0, 0.1) is 5.82 Å². The molecule has 0 saturated carbocycles. The Bertz CT molecular complexity index is 1630. The lowest BCUT2D eigenvalue weighted by molar-refractivity contribution is -0.120. The van der Waals surface area contributed by atoms with Gasteiger partial charge in [0, 0.05) is 51.1 Å². The number of nitrogens with one attached hydrogen (secondary N) is 1. The minimum Gasteiger partial charge on any atom is -0.328 e. The number of nitrogens with zero attached hydrogens (tertiary/aromatic N) is 5. The van der Waals surface area contributed by atoms with Crippen molar-refractivity contribution >= 4 is 38.7 Å². The molecule has 6 rings (SSSR count). The van der Waals surface area contributed by atoms with Crippen molar-refractivity contribution in [3.8, 4) is 0 Å². The van der Waals surface area contributed by atoms with Gasteiger partial charge in [0.2, 0.25) is 15.9 Å². The normalized spacial score (nSPS) is 20.4. The van der Waals surface area contributed by atoms with E-state index in [1.807, 2.05) is 12.1 Å². The summed E-state index contributed by atoms with van der Waals surface area (Å²) in [4.78, 5) is 27.9. The summed E-state index contributed by atoms with van der Waals surface area (Å²) < 4.78 is 45.3. The Morgan fingerprint density at radius 3 is 2.48 bits per heavy atom. The van der Waals surface area contributed by atoms with E-state index in [0.717, 1.165) is 31.5 Å². The molecule has 3 amide bonds. The van der Waals surface area contributed by atoms with Crippen LogP contribution in [-0.4, -0.2) is 78.1 Å². The van der Waals surface area contributed by atoms with Crippen LogP contribution in [0.5, 0.6) is 0 Å². The van der Waals surface area contributed by atoms with E-state index in [1.165, 1.54) is 13.9 Å². The summed E-state index contributed by atoms with van der Waals surface area (Å²) in [6.07, 6.45) is 3.02. The zero-order valence-corrected chi connectivity index (χ0v) is 24.4. The monoisotopic (exact) mass is 597 g/mol. The van der Waals surface area contributed by atoms with E-state index in [1.54, 1.807) is 31.3 Å². The molecule has 13 heteroatoms. The second-order valence-electron chi connectivity index (χ2n) is 11.5. The molecule has 11 nitrogen and oxygen atoms in total. The van der Waals surface area contributed by atoms with E-state index in [0.29, 0.717) is 59.7 Å². The SMILES string of the molecule is Cn1nc(N2CCC(=O)NC2=O)c2ccc(C3CCN(Cc4cccc(S(=O)(=O)N5CCC(N)CC5)c4)CC3)c(F)c21. The smallest absolute Gasteiger partial charge is 0.328 e. The molecule has 0 aliphatic carbocycles. The van der Waals surface area contributed by atoms with Crippen LogP contribution in [0.2, 0.25) is 0 Å². The second kappa shape index (κ2) is 11.4. The maximum atomic E-state index is 15.9. The molecular formula is C29H36FN7O4S. The largest absolute Gasteiger partial charge is 0.329 e. The third-order valence-electron chi connectivity index (χ3n) is 8.73. The van der Waals surface area contributed by atoms with Gasteiger partial charge in [0.15, 0.2) is 11.6 Å². The Labute approximate surface area is 244 Å². The zero-order chi connectivity index (χ0) is 29.6. The molecule has 3 N–H and O–H groups in total. The fourth-order valence-electron chi connectivity index (χ4n) is 6.33. The first-order valence-electron chi connectivity index (χ1n) is 14.5. The first-order chi connectivity index (χ1) is 20.1. The van der Waals surface area contributed by atoms with Crippen LogP contribution in [0.15, 0.2) is 41.3 Å². The van der Waals surface area contributed by atoms with Crippen molar-refractivity contribution in [3.63, 3.8) is 0 Å². The molecule has 1 aromatic heterocycles. The van der Waals surface area contributed by atoms with E-state index in [4.69, 9.17) is 5.73 Å². The lowest BCUT2D eigenvalue weighted by Crippen LogP contribution is -2.49. The van der Waals surface area contributed by atoms with Gasteiger partial charge in [-0.25, -0.2) is 17.6 Å². The average Bonchev–Trinajstić information content (AvgIpc) is 3.31. The lowest BCUT2D eigenvalue weighted by Gasteiger charge is -2.32. The molecule has 0 spiro atoms. The third-order valence-corrected chi connectivity index (χ3v) is 10.6. The van der Waals surface area contributed by atoms with Crippen LogP contribution >= 0.6 is 0 Å². The van der Waals surface area contributed by atoms with Crippen LogP contribution in [-0.2, 0) is 28.4 Å². The first-order valence-corrected chi connectivity index (χ1v) is 15.9. The van der Waals surface area contributed by atoms with Crippen molar-refractivity contribution < 1.29 is 22.4 Å². The number of aromatic nitrogens is 2. The third kappa shape index (κ3) is 5.41. The first kappa shape index (κ1) is 28.7. The number of rotatable bonds is 6. The number of amides is 3. The number of benzene rings is 2. The standard InChI is InChI=1S/C29H36FN7O4S/c1-34-27-24(28(33-34)37-16-11-25(38)32-29(37)39)6-5-23(26(27)30)20-7-12-35(13-8-20)18-19-3-2-4-22(17-19)42(40,41)36-14-9-21(31)10-15-36/h2-6,17,20-21H,7-16,18,31H2,1H3,(H,32,38,39). The van der Waals surface area contributed by atoms with Crippen LogP contribution in [0.1, 0.15) is 49.1 Å². The van der Waals surface area contributed by atoms with Crippen LogP contribution in [0.3, 0.4) is 0 Å². The van der Waals surface area contributed by atoms with Gasteiger partial charge >= 0.3 is 6.03 Å². The predicted octanol–water partition coefficient (Wildman–Crippen LogP) is 2.65. The molecule has 3 saturated heterocycles. The van der Waals surface area contributed by atoms with Gasteiger partial charge in [0.05, 0.1) is 4.90 Å². The number of sulfonamides is 1. The summed E-state index contributed by atoms with van der Waals surface area (Å²) in [5, 5.41) is 7.25. The van der Waals surface area contributed by atoms with Gasteiger partial charge in [0.1, 0.15) is 5.52 Å². The highest BCUT2D eigenvalue weighted by molar-refractivity contribution is 7.89. The lowest BCUT2D eigenvalue weighted by atomic mass is 9.88. The Balaban J connectivity index is 1.13. The van der Waals surface area contributed by atoms with Crippen molar-refractivity contribution in [2.45, 2.75) is 55.5 Å². The molecule has 3 fully saturated rings. The minimum atomic E-state index is -3.56. The summed E-state index contributed by atoms with van der Waals surface area (Å²) in [5.41, 5.74) is 7.85. The van der Waals surface area contributed by atoms with Crippen molar-refractivity contribution in [1.82, 2.24) is 24.3 Å². The van der Waals surface area contributed by atoms with Gasteiger partial charge in [-0.1, -0.05) is 18.2 Å². The molecule has 3 aromatic rings. The molecule has 4 heterocycles. The van der Waals surface area contributed by atoms with Crippen LogP contribution in [0.4, 0.5) is 15.0 Å². The molecule has 3 aliphatic heterocycles. The van der Waals surface area contributed by atoms with Crippen LogP contribution in [0.25, 0.3) is 10.9 Å². The fourth-order valence-corrected chi connectivity index (χ4v) is 7.87. The molecule has 0 atom stereocenters. The molecule has 0 unspecified atom stereocenters. The molecule has 3 aliphatic rings. The molecule has 224 valence electrons. The van der Waals surface area contributed by atoms with Gasteiger partial charge < -0.3 is 5.73 Å². The van der Waals surface area contributed by atoms with E-state index < -0.39 is 16.1 Å². The fraction of sp³-hybridized carbons (Fsp3) is 0.483. The summed E-state index contributed by atoms with van der Waals surface area (Å²) >= 11 is 0. The number of carbonyl (C=O) groups excluding carboxylic acids is 2. The Kier molecular flexibility index (Phi) is 7.77. The highest BCUT2D eigenvalue weighted by atomic mass is 32.2. The number of piperidine rings is 2. The number of aryl methyl sites for hydroxylation is 1. The molecule has 0 bridgehead atoms. The minimum absolute atomic E-state index is 0.0251. The highest BCUT2D eigenvalue weighted by Crippen LogP contribution is 2.36. The van der Waals surface area contributed by atoms with Gasteiger partial charge in [-0.05, 0) is 74.0 Å². The maximum absolute atomic E-state index is 15.9. The number of likely N-dealkylation sites (tertiary alicyclic amines) is 1. The van der Waals surface area contributed by atoms with Gasteiger partial charge in [-0.2, -0.15) is 9.40 Å². The Hall–Kier alpha value is -3.39. The van der Waals surface area contributed by atoms with E-state index in [9.17, 15) is 18.0 Å². The van der Waals surface area contributed by atoms with E-state index in [-0.39, 0.29) is 36.6 Å². The number of anilines is 1. The van der Waals surface area contributed by atoms with Crippen molar-refractivity contribution in [3.05, 3.63) is 53.3 Å². The average molecular weight is 598 g/mol. The molecular weight excluding hydrogens is 561 g/mol. The van der Waals surface area contributed by atoms with Crippen LogP contribution < -0.4 is 16.0 Å². The van der Waals surface area contributed by atoms with Crippen molar-refractivity contribution in [2.75, 3.05) is 37.6 Å². The predicted molar refractivity (Wildman–Crippen MR) is 156 cm³/mol. The van der Waals surface area contributed by atoms with E-state index >= 15 is 4.39 Å². The number of imide groups is 1. The zero-order valence-electron chi connectivity index (χ0n) is 23.6. The molecule has 0 radical (unpaired) electrons. The number of nitrogens with two attached hydrogens (primary N) is 1. The number of carbonyl (C=O) groups is 2. The number of hydrogen-bond acceptors (Lipinski definition) is 7. The quantitative estimate of drug-likeness (QED) is 0.446. The van der Waals surface area contributed by atoms with Crippen molar-refractivity contribution in [2.24, 2.45) is 12.8 Å². The summed E-state index contributed by atoms with van der Waals surface area (Å²) in [5.74, 6) is -0.308. The van der Waals surface area contributed by atoms with Gasteiger partial charge in [0.25, 0.3) is 0 Å². The maximum Gasteiger partial charge on any atom is 0.329 e. The van der Waals surface area contributed by atoms with Gasteiger partial charge in [-0.3, -0.25) is 24.6 Å². The number of fused-ring (bicyclic) bond motifs is 1. The van der Waals surface area contributed by atoms with Gasteiger partial charge in [-0.15, -0.1) is 0 Å². The second-order valence-corrected chi connectivity index (χ2v) is 13.4. The number of urea groups is 1. The molecule has 2 aromatic carbocycles. The Morgan fingerprint density at radius 2 is 1.76 bits per heavy atom. The summed E-state index contributed by atoms with van der Waals surface area (Å²) in [7, 11) is -1.91. The topological polar surface area (TPSA) is 134 Å². The van der Waals surface area contributed by atoms with Crippen molar-refractivity contribution in [1.29, 1.82) is 0 Å². The number of hydrogen-bond donors (Lipinski definition) is 2. The Morgan fingerprint density at radius 1 is 1.02 bits per heavy atom. The summed E-state index contributed by atoms with van der Waals surface area (Å²) in [6, 6.07) is 10.3. The number of halogens is 1. The highest BCUT2D eigenvalue weighted by Gasteiger charge is 2.31. The molecule has 42 heavy (non-hydrogen) atoms. The summed E-state index contributed by atoms with van der Waals surface area (Å²) in [6.45, 7) is 3.20.